The van der Waals surface area contributed by atoms with Crippen LogP contribution in [0.1, 0.15) is 12.8 Å². The Labute approximate surface area is 75.0 Å². The van der Waals surface area contributed by atoms with E-state index in [1.54, 1.807) is 0 Å². The normalized spacial score (nSPS) is 38.1. The predicted octanol–water partition coefficient (Wildman–Crippen LogP) is -0.310. The average molecular weight is 185 g/mol. The maximum Gasteiger partial charge on any atom is 0.407 e. The maximum absolute atomic E-state index is 11.0. The number of ketones is 1. The fourth-order valence-corrected chi connectivity index (χ4v) is 2.25. The van der Waals surface area contributed by atoms with Crippen LogP contribution in [0.25, 0.3) is 0 Å². The van der Waals surface area contributed by atoms with Crippen LogP contribution >= 0.6 is 0 Å². The van der Waals surface area contributed by atoms with Crippen LogP contribution in [0, 0.1) is 5.92 Å². The first-order valence-electron chi connectivity index (χ1n) is 4.23. The van der Waals surface area contributed by atoms with Gasteiger partial charge in [-0.05, 0) is 0 Å². The van der Waals surface area contributed by atoms with Gasteiger partial charge in [0.15, 0.2) is 0 Å². The highest BCUT2D eigenvalue weighted by Gasteiger charge is 2.52. The summed E-state index contributed by atoms with van der Waals surface area (Å²) >= 11 is 0. The van der Waals surface area contributed by atoms with Gasteiger partial charge in [-0.3, -0.25) is 4.79 Å². The number of nitrogens with zero attached hydrogens (tertiary/aromatic N) is 1. The van der Waals surface area contributed by atoms with E-state index in [2.05, 4.69) is 0 Å². The minimum absolute atomic E-state index is 0.0394. The van der Waals surface area contributed by atoms with E-state index >= 15 is 0 Å². The fraction of sp³-hybridized carbons (Fsp3) is 0.750. The number of likely N-dealkylation sites (tertiary alicyclic amines) is 1. The van der Waals surface area contributed by atoms with E-state index in [0.717, 1.165) is 0 Å². The Morgan fingerprint density at radius 2 is 2.31 bits per heavy atom. The van der Waals surface area contributed by atoms with Crippen molar-refractivity contribution in [3.63, 3.8) is 0 Å². The molecule has 2 N–H and O–H groups in total. The first-order valence-corrected chi connectivity index (χ1v) is 4.23. The molecule has 0 aromatic heterocycles. The van der Waals surface area contributed by atoms with Crippen LogP contribution in [0.4, 0.5) is 4.79 Å². The van der Waals surface area contributed by atoms with Gasteiger partial charge in [0.05, 0.1) is 12.1 Å². The number of β-amino-alcohol motifs (C(OH)–C–C–N with tert-alkyl or cyclic N) is 1. The maximum atomic E-state index is 11.0. The van der Waals surface area contributed by atoms with Gasteiger partial charge in [0.2, 0.25) is 0 Å². The zero-order chi connectivity index (χ0) is 9.64. The van der Waals surface area contributed by atoms with Crippen LogP contribution in [0.15, 0.2) is 0 Å². The monoisotopic (exact) mass is 185 g/mol. The summed E-state index contributed by atoms with van der Waals surface area (Å²) in [5, 5.41) is 18.6. The van der Waals surface area contributed by atoms with Gasteiger partial charge in [0.1, 0.15) is 5.78 Å². The highest BCUT2D eigenvalue weighted by molar-refractivity contribution is 5.83. The summed E-state index contributed by atoms with van der Waals surface area (Å²) in [7, 11) is 0. The molecule has 0 radical (unpaired) electrons. The quantitative estimate of drug-likeness (QED) is 0.542. The summed E-state index contributed by atoms with van der Waals surface area (Å²) in [5.41, 5.74) is -1.07. The van der Waals surface area contributed by atoms with E-state index in [0.29, 0.717) is 6.42 Å². The lowest BCUT2D eigenvalue weighted by Gasteiger charge is -2.19. The Kier molecular flexibility index (Phi) is 1.60. The molecule has 5 heteroatoms. The molecule has 0 unspecified atom stereocenters. The number of hydrogen-bond donors (Lipinski definition) is 2. The summed E-state index contributed by atoms with van der Waals surface area (Å²) in [6.07, 6.45) is -0.586. The van der Waals surface area contributed by atoms with Gasteiger partial charge in [-0.15, -0.1) is 0 Å². The third-order valence-electron chi connectivity index (χ3n) is 2.91. The van der Waals surface area contributed by atoms with Gasteiger partial charge in [-0.1, -0.05) is 0 Å². The van der Waals surface area contributed by atoms with E-state index < -0.39 is 11.7 Å². The van der Waals surface area contributed by atoms with E-state index in [-0.39, 0.29) is 31.2 Å². The molecule has 2 fully saturated rings. The number of carboxylic acid groups (broad SMARTS) is 1. The third kappa shape index (κ3) is 1.19. The van der Waals surface area contributed by atoms with Gasteiger partial charge < -0.3 is 15.1 Å². The summed E-state index contributed by atoms with van der Waals surface area (Å²) < 4.78 is 0. The SMILES string of the molecule is O=C1C[C@H]2CN(C(=O)O)C[C@@]2(O)C1. The van der Waals surface area contributed by atoms with E-state index in [1.807, 2.05) is 0 Å². The predicted molar refractivity (Wildman–Crippen MR) is 42.3 cm³/mol. The molecule has 72 valence electrons. The number of carbonyl (C=O) groups is 2. The van der Waals surface area contributed by atoms with Crippen LogP contribution in [-0.4, -0.2) is 45.7 Å². The molecule has 2 atom stereocenters. The number of rotatable bonds is 0. The molecule has 0 spiro atoms. The second-order valence-electron chi connectivity index (χ2n) is 3.88. The van der Waals surface area contributed by atoms with Gasteiger partial charge in [0, 0.05) is 25.3 Å². The Morgan fingerprint density at radius 3 is 2.85 bits per heavy atom. The number of carbonyl (C=O) groups excluding carboxylic acids is 1. The first kappa shape index (κ1) is 8.50. The van der Waals surface area contributed by atoms with Crippen LogP contribution in [0.2, 0.25) is 0 Å². The van der Waals surface area contributed by atoms with Crippen molar-refractivity contribution in [3.05, 3.63) is 0 Å². The number of hydrogen-bond acceptors (Lipinski definition) is 3. The van der Waals surface area contributed by atoms with Gasteiger partial charge in [0.25, 0.3) is 0 Å². The summed E-state index contributed by atoms with van der Waals surface area (Å²) in [6.45, 7) is 0.371. The van der Waals surface area contributed by atoms with Crippen LogP contribution in [0.3, 0.4) is 0 Å². The minimum Gasteiger partial charge on any atom is -0.465 e. The van der Waals surface area contributed by atoms with Gasteiger partial charge >= 0.3 is 6.09 Å². The smallest absolute Gasteiger partial charge is 0.407 e. The molecule has 1 amide bonds. The Balaban J connectivity index is 2.14. The average Bonchev–Trinajstić information content (AvgIpc) is 2.38. The molecule has 13 heavy (non-hydrogen) atoms. The number of amides is 1. The molecule has 0 bridgehead atoms. The summed E-state index contributed by atoms with van der Waals surface area (Å²) in [4.78, 5) is 22.8. The molecule has 1 saturated heterocycles. The van der Waals surface area contributed by atoms with E-state index in [9.17, 15) is 14.7 Å². The van der Waals surface area contributed by atoms with Crippen molar-refractivity contribution in [1.82, 2.24) is 4.90 Å². The van der Waals surface area contributed by atoms with Gasteiger partial charge in [-0.2, -0.15) is 0 Å². The molecule has 2 aliphatic rings. The molecule has 2 rings (SSSR count). The molecule has 1 heterocycles. The summed E-state index contributed by atoms with van der Waals surface area (Å²) in [6, 6.07) is 0. The van der Waals surface area contributed by atoms with Crippen molar-refractivity contribution < 1.29 is 19.8 Å². The molecular weight excluding hydrogens is 174 g/mol. The molecule has 1 aliphatic carbocycles. The van der Waals surface area contributed by atoms with Crippen molar-refractivity contribution in [3.8, 4) is 0 Å². The molecule has 1 aliphatic heterocycles. The second-order valence-corrected chi connectivity index (χ2v) is 3.88. The zero-order valence-electron chi connectivity index (χ0n) is 7.06. The lowest BCUT2D eigenvalue weighted by atomic mass is 9.95. The van der Waals surface area contributed by atoms with Crippen LogP contribution in [-0.2, 0) is 4.79 Å². The van der Waals surface area contributed by atoms with Crippen molar-refractivity contribution in [2.45, 2.75) is 18.4 Å². The topological polar surface area (TPSA) is 77.8 Å². The Hall–Kier alpha value is -1.10. The van der Waals surface area contributed by atoms with Crippen molar-refractivity contribution in [1.29, 1.82) is 0 Å². The van der Waals surface area contributed by atoms with E-state index in [4.69, 9.17) is 5.11 Å². The third-order valence-corrected chi connectivity index (χ3v) is 2.91. The number of fused-ring (bicyclic) bond motifs is 1. The lowest BCUT2D eigenvalue weighted by molar-refractivity contribution is -0.119. The van der Waals surface area contributed by atoms with Crippen molar-refractivity contribution >= 4 is 11.9 Å². The highest BCUT2D eigenvalue weighted by Crippen LogP contribution is 2.39. The van der Waals surface area contributed by atoms with Crippen LogP contribution < -0.4 is 0 Å². The Bertz CT molecular complexity index is 277. The lowest BCUT2D eigenvalue weighted by Crippen LogP contribution is -2.36. The van der Waals surface area contributed by atoms with E-state index in [1.165, 1.54) is 4.90 Å². The van der Waals surface area contributed by atoms with Crippen molar-refractivity contribution in [2.24, 2.45) is 5.92 Å². The molecule has 0 aromatic carbocycles. The molecular formula is C8H11NO4. The molecule has 5 nitrogen and oxygen atoms in total. The Morgan fingerprint density at radius 1 is 1.62 bits per heavy atom. The zero-order valence-corrected chi connectivity index (χ0v) is 7.06. The number of aliphatic hydroxyl groups is 1. The molecule has 1 saturated carbocycles. The first-order chi connectivity index (χ1) is 6.01. The number of Topliss-reactive ketones (excluding diaryl/α,β-unsaturated/α-hetero) is 1. The van der Waals surface area contributed by atoms with Gasteiger partial charge in [-0.25, -0.2) is 4.79 Å². The standard InChI is InChI=1S/C8H11NO4/c10-6-1-5-3-9(7(11)12)4-8(5,13)2-6/h5,13H,1-4H2,(H,11,12)/t5-,8-/m0/s1. The largest absolute Gasteiger partial charge is 0.465 e. The fourth-order valence-electron chi connectivity index (χ4n) is 2.25. The highest BCUT2D eigenvalue weighted by atomic mass is 16.4. The minimum atomic E-state index is -1.07. The summed E-state index contributed by atoms with van der Waals surface area (Å²) in [5.74, 6) is -0.145. The molecule has 0 aromatic rings. The van der Waals surface area contributed by atoms with Crippen LogP contribution in [0.5, 0.6) is 0 Å². The second kappa shape index (κ2) is 2.45. The van der Waals surface area contributed by atoms with Crippen molar-refractivity contribution in [2.75, 3.05) is 13.1 Å².